The molecule has 0 aromatic heterocycles. The molecule has 0 aliphatic carbocycles. The SMILES string of the molecule is CCc1ccc(NC(=O)COC(=O)C(C)CC)cc1. The van der Waals surface area contributed by atoms with Crippen LogP contribution in [0.3, 0.4) is 0 Å². The molecule has 0 spiro atoms. The van der Waals surface area contributed by atoms with Gasteiger partial charge in [-0.2, -0.15) is 0 Å². The van der Waals surface area contributed by atoms with Gasteiger partial charge in [-0.1, -0.05) is 32.9 Å². The molecular weight excluding hydrogens is 242 g/mol. The van der Waals surface area contributed by atoms with Crippen LogP contribution in [0.1, 0.15) is 32.8 Å². The Balaban J connectivity index is 2.40. The van der Waals surface area contributed by atoms with E-state index >= 15 is 0 Å². The quantitative estimate of drug-likeness (QED) is 0.803. The van der Waals surface area contributed by atoms with Crippen LogP contribution in [-0.2, 0) is 20.7 Å². The molecule has 1 rings (SSSR count). The van der Waals surface area contributed by atoms with Crippen molar-refractivity contribution in [2.45, 2.75) is 33.6 Å². The summed E-state index contributed by atoms with van der Waals surface area (Å²) in [5, 5.41) is 2.69. The van der Waals surface area contributed by atoms with E-state index in [1.165, 1.54) is 5.56 Å². The minimum absolute atomic E-state index is 0.170. The van der Waals surface area contributed by atoms with Crippen molar-refractivity contribution >= 4 is 17.6 Å². The van der Waals surface area contributed by atoms with Gasteiger partial charge in [-0.15, -0.1) is 0 Å². The van der Waals surface area contributed by atoms with E-state index in [0.29, 0.717) is 12.1 Å². The van der Waals surface area contributed by atoms with Crippen molar-refractivity contribution in [3.8, 4) is 0 Å². The van der Waals surface area contributed by atoms with Crippen LogP contribution in [0.15, 0.2) is 24.3 Å². The maximum atomic E-state index is 11.6. The molecule has 1 N–H and O–H groups in total. The van der Waals surface area contributed by atoms with Gasteiger partial charge in [-0.3, -0.25) is 9.59 Å². The van der Waals surface area contributed by atoms with Crippen molar-refractivity contribution in [1.29, 1.82) is 0 Å². The molecule has 0 aliphatic heterocycles. The van der Waals surface area contributed by atoms with Gasteiger partial charge in [-0.25, -0.2) is 0 Å². The summed E-state index contributed by atoms with van der Waals surface area (Å²) >= 11 is 0. The maximum absolute atomic E-state index is 11.6. The van der Waals surface area contributed by atoms with Crippen molar-refractivity contribution in [3.63, 3.8) is 0 Å². The van der Waals surface area contributed by atoms with Gasteiger partial charge in [0.05, 0.1) is 5.92 Å². The maximum Gasteiger partial charge on any atom is 0.309 e. The van der Waals surface area contributed by atoms with Gasteiger partial charge in [-0.05, 0) is 30.5 Å². The first kappa shape index (κ1) is 15.2. The Hall–Kier alpha value is -1.84. The Bertz CT molecular complexity index is 426. The Morgan fingerprint density at radius 2 is 1.84 bits per heavy atom. The van der Waals surface area contributed by atoms with Crippen molar-refractivity contribution in [2.24, 2.45) is 5.92 Å². The highest BCUT2D eigenvalue weighted by atomic mass is 16.5. The first-order chi connectivity index (χ1) is 9.06. The number of aryl methyl sites for hydroxylation is 1. The molecule has 1 aromatic carbocycles. The fourth-order valence-corrected chi connectivity index (χ4v) is 1.47. The van der Waals surface area contributed by atoms with Gasteiger partial charge in [0.25, 0.3) is 5.91 Å². The van der Waals surface area contributed by atoms with Crippen molar-refractivity contribution < 1.29 is 14.3 Å². The van der Waals surface area contributed by atoms with E-state index in [1.54, 1.807) is 6.92 Å². The van der Waals surface area contributed by atoms with E-state index in [1.807, 2.05) is 31.2 Å². The van der Waals surface area contributed by atoms with Crippen LogP contribution in [0.4, 0.5) is 5.69 Å². The molecule has 4 heteroatoms. The predicted octanol–water partition coefficient (Wildman–Crippen LogP) is 2.78. The summed E-state index contributed by atoms with van der Waals surface area (Å²) in [5.41, 5.74) is 1.92. The number of ether oxygens (including phenoxy) is 1. The molecule has 1 amide bonds. The fraction of sp³-hybridized carbons (Fsp3) is 0.467. The van der Waals surface area contributed by atoms with Crippen molar-refractivity contribution in [1.82, 2.24) is 0 Å². The molecule has 0 bridgehead atoms. The smallest absolute Gasteiger partial charge is 0.309 e. The number of benzene rings is 1. The molecule has 1 atom stereocenters. The van der Waals surface area contributed by atoms with Crippen LogP contribution in [0.5, 0.6) is 0 Å². The second-order valence-corrected chi connectivity index (χ2v) is 4.52. The standard InChI is InChI=1S/C15H21NO3/c1-4-11(3)15(18)19-10-14(17)16-13-8-6-12(5-2)7-9-13/h6-9,11H,4-5,10H2,1-3H3,(H,16,17). The first-order valence-corrected chi connectivity index (χ1v) is 6.62. The van der Waals surface area contributed by atoms with Crippen LogP contribution in [0, 0.1) is 5.92 Å². The zero-order valence-electron chi connectivity index (χ0n) is 11.7. The van der Waals surface area contributed by atoms with Gasteiger partial charge in [0, 0.05) is 5.69 Å². The van der Waals surface area contributed by atoms with E-state index in [0.717, 1.165) is 6.42 Å². The fourth-order valence-electron chi connectivity index (χ4n) is 1.47. The van der Waals surface area contributed by atoms with E-state index in [2.05, 4.69) is 12.2 Å². The summed E-state index contributed by atoms with van der Waals surface area (Å²) in [7, 11) is 0. The summed E-state index contributed by atoms with van der Waals surface area (Å²) in [4.78, 5) is 23.0. The van der Waals surface area contributed by atoms with Crippen LogP contribution in [-0.4, -0.2) is 18.5 Å². The second-order valence-electron chi connectivity index (χ2n) is 4.52. The molecule has 19 heavy (non-hydrogen) atoms. The second kappa shape index (κ2) is 7.56. The molecule has 1 unspecified atom stereocenters. The minimum atomic E-state index is -0.334. The number of esters is 1. The van der Waals surface area contributed by atoms with Crippen LogP contribution in [0.2, 0.25) is 0 Å². The molecule has 0 heterocycles. The average Bonchev–Trinajstić information content (AvgIpc) is 2.44. The van der Waals surface area contributed by atoms with E-state index in [4.69, 9.17) is 4.74 Å². The number of carbonyl (C=O) groups is 2. The van der Waals surface area contributed by atoms with Crippen LogP contribution < -0.4 is 5.32 Å². The van der Waals surface area contributed by atoms with Crippen molar-refractivity contribution in [2.75, 3.05) is 11.9 Å². The number of amides is 1. The number of anilines is 1. The summed E-state index contributed by atoms with van der Waals surface area (Å²) in [6.07, 6.45) is 1.67. The number of carbonyl (C=O) groups excluding carboxylic acids is 2. The van der Waals surface area contributed by atoms with Gasteiger partial charge >= 0.3 is 5.97 Å². The number of nitrogens with one attached hydrogen (secondary N) is 1. The topological polar surface area (TPSA) is 55.4 Å². The average molecular weight is 263 g/mol. The molecule has 0 radical (unpaired) electrons. The number of hydrogen-bond acceptors (Lipinski definition) is 3. The van der Waals surface area contributed by atoms with E-state index in [9.17, 15) is 9.59 Å². The van der Waals surface area contributed by atoms with Crippen LogP contribution in [0.25, 0.3) is 0 Å². The predicted molar refractivity (Wildman–Crippen MR) is 74.9 cm³/mol. The normalized spacial score (nSPS) is 11.7. The third-order valence-corrected chi connectivity index (χ3v) is 3.01. The van der Waals surface area contributed by atoms with E-state index < -0.39 is 0 Å². The summed E-state index contributed by atoms with van der Waals surface area (Å²) in [6.45, 7) is 5.52. The lowest BCUT2D eigenvalue weighted by molar-refractivity contribution is -0.151. The number of hydrogen-bond donors (Lipinski definition) is 1. The van der Waals surface area contributed by atoms with Crippen molar-refractivity contribution in [3.05, 3.63) is 29.8 Å². The molecule has 0 aliphatic rings. The highest BCUT2D eigenvalue weighted by Gasteiger charge is 2.13. The van der Waals surface area contributed by atoms with E-state index in [-0.39, 0.29) is 24.4 Å². The first-order valence-electron chi connectivity index (χ1n) is 6.62. The van der Waals surface area contributed by atoms with Gasteiger partial charge in [0.2, 0.25) is 0 Å². The third kappa shape index (κ3) is 5.12. The monoisotopic (exact) mass is 263 g/mol. The highest BCUT2D eigenvalue weighted by molar-refractivity contribution is 5.92. The lowest BCUT2D eigenvalue weighted by Crippen LogP contribution is -2.23. The van der Waals surface area contributed by atoms with Gasteiger partial charge < -0.3 is 10.1 Å². The summed E-state index contributed by atoms with van der Waals surface area (Å²) < 4.78 is 4.92. The largest absolute Gasteiger partial charge is 0.455 e. The number of rotatable bonds is 6. The minimum Gasteiger partial charge on any atom is -0.455 e. The molecule has 1 aromatic rings. The molecule has 0 fully saturated rings. The Morgan fingerprint density at radius 3 is 2.37 bits per heavy atom. The zero-order valence-corrected chi connectivity index (χ0v) is 11.7. The van der Waals surface area contributed by atoms with Crippen LogP contribution >= 0.6 is 0 Å². The highest BCUT2D eigenvalue weighted by Crippen LogP contribution is 2.10. The summed E-state index contributed by atoms with van der Waals surface area (Å²) in [6, 6.07) is 7.60. The lowest BCUT2D eigenvalue weighted by Gasteiger charge is -2.09. The molecule has 104 valence electrons. The Labute approximate surface area is 114 Å². The molecule has 0 saturated carbocycles. The third-order valence-electron chi connectivity index (χ3n) is 3.01. The molecule has 4 nitrogen and oxygen atoms in total. The van der Waals surface area contributed by atoms with Gasteiger partial charge in [0.1, 0.15) is 0 Å². The Morgan fingerprint density at radius 1 is 1.21 bits per heavy atom. The zero-order chi connectivity index (χ0) is 14.3. The Kier molecular flexibility index (Phi) is 6.06. The molecule has 0 saturated heterocycles. The summed E-state index contributed by atoms with van der Waals surface area (Å²) in [5.74, 6) is -0.823. The lowest BCUT2D eigenvalue weighted by atomic mass is 10.1. The molecular formula is C15H21NO3. The van der Waals surface area contributed by atoms with Gasteiger partial charge in [0.15, 0.2) is 6.61 Å².